The molecule has 7 heteroatoms. The van der Waals surface area contributed by atoms with Crippen molar-refractivity contribution in [1.82, 2.24) is 9.80 Å². The highest BCUT2D eigenvalue weighted by molar-refractivity contribution is 6.55. The van der Waals surface area contributed by atoms with E-state index in [4.69, 9.17) is 0 Å². The zero-order chi connectivity index (χ0) is 15.6. The number of hydrogen-bond acceptors (Lipinski definition) is 5. The molecule has 1 aromatic rings. The Morgan fingerprint density at radius 2 is 1.68 bits per heavy atom. The maximum atomic E-state index is 12.4. The molecule has 2 fully saturated rings. The Bertz CT molecular complexity index is 777. The van der Waals surface area contributed by atoms with Crippen molar-refractivity contribution in [1.29, 1.82) is 0 Å². The van der Waals surface area contributed by atoms with Crippen LogP contribution in [0, 0.1) is 5.41 Å². The molecule has 0 aliphatic carbocycles. The first-order valence-corrected chi connectivity index (χ1v) is 6.94. The number of rotatable bonds is 1. The molecule has 2 saturated heterocycles. The summed E-state index contributed by atoms with van der Waals surface area (Å²) >= 11 is 0. The van der Waals surface area contributed by atoms with Crippen LogP contribution in [0.25, 0.3) is 0 Å². The highest BCUT2D eigenvalue weighted by Gasteiger charge is 2.80. The van der Waals surface area contributed by atoms with E-state index in [2.05, 4.69) is 4.99 Å². The third-order valence-electron chi connectivity index (χ3n) is 4.34. The number of para-hydroxylation sites is 1. The lowest BCUT2D eigenvalue weighted by Gasteiger charge is -2.51. The highest BCUT2D eigenvalue weighted by atomic mass is 16.2. The van der Waals surface area contributed by atoms with Gasteiger partial charge in [0.25, 0.3) is 29.0 Å². The van der Waals surface area contributed by atoms with E-state index < -0.39 is 29.0 Å². The van der Waals surface area contributed by atoms with Gasteiger partial charge in [-0.05, 0) is 18.6 Å². The molecule has 1 spiro atoms. The Kier molecular flexibility index (Phi) is 2.27. The number of hydrogen-bond donors (Lipinski definition) is 0. The molecule has 3 heterocycles. The second-order valence-electron chi connectivity index (χ2n) is 5.38. The van der Waals surface area contributed by atoms with Gasteiger partial charge in [-0.15, -0.1) is 0 Å². The third-order valence-corrected chi connectivity index (χ3v) is 4.34. The standard InChI is InChI=1S/C15H11N3O4/c1-2-17-11(19)15(12(17)20)13(21)18(14(15)22)10-7-8-5-3-4-6-9(8)16-10/h3-6H,2,7H2,1H3. The minimum Gasteiger partial charge on any atom is -0.279 e. The fraction of sp³-hybridized carbons (Fsp3) is 0.267. The van der Waals surface area contributed by atoms with Gasteiger partial charge < -0.3 is 0 Å². The lowest BCUT2D eigenvalue weighted by molar-refractivity contribution is -0.195. The Hall–Kier alpha value is -2.83. The van der Waals surface area contributed by atoms with Gasteiger partial charge in [0.15, 0.2) is 0 Å². The molecule has 0 aromatic heterocycles. The maximum Gasteiger partial charge on any atom is 0.285 e. The highest BCUT2D eigenvalue weighted by Crippen LogP contribution is 2.46. The third kappa shape index (κ3) is 1.16. The van der Waals surface area contributed by atoms with Gasteiger partial charge >= 0.3 is 0 Å². The first-order valence-electron chi connectivity index (χ1n) is 6.94. The molecular formula is C15H11N3O4. The summed E-state index contributed by atoms with van der Waals surface area (Å²) in [5, 5.41) is 0. The Labute approximate surface area is 125 Å². The van der Waals surface area contributed by atoms with E-state index in [-0.39, 0.29) is 12.4 Å². The summed E-state index contributed by atoms with van der Waals surface area (Å²) in [5.41, 5.74) is -0.520. The average molecular weight is 297 g/mol. The van der Waals surface area contributed by atoms with Crippen LogP contribution in [0.3, 0.4) is 0 Å². The van der Waals surface area contributed by atoms with Crippen molar-refractivity contribution in [2.24, 2.45) is 10.4 Å². The molecular weight excluding hydrogens is 286 g/mol. The molecule has 0 unspecified atom stereocenters. The van der Waals surface area contributed by atoms with E-state index >= 15 is 0 Å². The zero-order valence-electron chi connectivity index (χ0n) is 11.7. The minimum absolute atomic E-state index is 0.159. The molecule has 7 nitrogen and oxygen atoms in total. The fourth-order valence-corrected chi connectivity index (χ4v) is 3.14. The first kappa shape index (κ1) is 12.9. The number of likely N-dealkylation sites (tertiary alicyclic amines) is 2. The molecule has 0 bridgehead atoms. The predicted octanol–water partition coefficient (Wildman–Crippen LogP) is 0.0166. The Balaban J connectivity index is 1.65. The van der Waals surface area contributed by atoms with Crippen LogP contribution in [0.15, 0.2) is 29.3 Å². The fourth-order valence-electron chi connectivity index (χ4n) is 3.14. The zero-order valence-corrected chi connectivity index (χ0v) is 11.7. The van der Waals surface area contributed by atoms with Crippen LogP contribution in [-0.2, 0) is 25.6 Å². The van der Waals surface area contributed by atoms with Crippen molar-refractivity contribution in [2.75, 3.05) is 6.54 Å². The van der Waals surface area contributed by atoms with E-state index in [1.165, 1.54) is 0 Å². The van der Waals surface area contributed by atoms with Crippen molar-refractivity contribution in [3.63, 3.8) is 0 Å². The van der Waals surface area contributed by atoms with E-state index in [0.29, 0.717) is 12.1 Å². The largest absolute Gasteiger partial charge is 0.285 e. The van der Waals surface area contributed by atoms with E-state index in [0.717, 1.165) is 15.4 Å². The summed E-state index contributed by atoms with van der Waals surface area (Å²) in [5.74, 6) is -2.71. The normalized spacial score (nSPS) is 21.8. The molecule has 0 N–H and O–H groups in total. The molecule has 0 atom stereocenters. The molecule has 0 saturated carbocycles. The van der Waals surface area contributed by atoms with Crippen molar-refractivity contribution in [3.8, 4) is 0 Å². The molecule has 1 aromatic carbocycles. The predicted molar refractivity (Wildman–Crippen MR) is 73.9 cm³/mol. The van der Waals surface area contributed by atoms with E-state index in [1.807, 2.05) is 18.2 Å². The summed E-state index contributed by atoms with van der Waals surface area (Å²) in [6, 6.07) is 7.29. The molecule has 0 radical (unpaired) electrons. The Morgan fingerprint density at radius 1 is 1.05 bits per heavy atom. The summed E-state index contributed by atoms with van der Waals surface area (Å²) in [4.78, 5) is 54.7. The molecule has 110 valence electrons. The number of aliphatic imine (C=N–C) groups is 1. The molecule has 4 rings (SSSR count). The number of imide groups is 2. The van der Waals surface area contributed by atoms with Crippen LogP contribution >= 0.6 is 0 Å². The van der Waals surface area contributed by atoms with Gasteiger partial charge in [0.1, 0.15) is 5.84 Å². The van der Waals surface area contributed by atoms with E-state index in [1.54, 1.807) is 13.0 Å². The molecule has 22 heavy (non-hydrogen) atoms. The number of fused-ring (bicyclic) bond motifs is 1. The van der Waals surface area contributed by atoms with Crippen LogP contribution in [-0.4, -0.2) is 45.8 Å². The molecule has 3 aliphatic heterocycles. The summed E-state index contributed by atoms with van der Waals surface area (Å²) < 4.78 is 0. The number of nitrogens with zero attached hydrogens (tertiary/aromatic N) is 3. The van der Waals surface area contributed by atoms with Crippen molar-refractivity contribution >= 4 is 35.2 Å². The maximum absolute atomic E-state index is 12.4. The van der Waals surface area contributed by atoms with Crippen molar-refractivity contribution in [3.05, 3.63) is 29.8 Å². The lowest BCUT2D eigenvalue weighted by atomic mass is 9.68. The Morgan fingerprint density at radius 3 is 2.27 bits per heavy atom. The van der Waals surface area contributed by atoms with Crippen LogP contribution in [0.5, 0.6) is 0 Å². The number of carbonyl (C=O) groups excluding carboxylic acids is 4. The number of amidine groups is 1. The summed E-state index contributed by atoms with van der Waals surface area (Å²) in [6.07, 6.45) is 0.337. The minimum atomic E-state index is -2.12. The summed E-state index contributed by atoms with van der Waals surface area (Å²) in [6.45, 7) is 1.78. The summed E-state index contributed by atoms with van der Waals surface area (Å²) in [7, 11) is 0. The quantitative estimate of drug-likeness (QED) is 0.540. The van der Waals surface area contributed by atoms with Crippen LogP contribution in [0.2, 0.25) is 0 Å². The number of carbonyl (C=O) groups is 4. The number of β-lactam (4-membered cyclic amide) rings is 4. The van der Waals surface area contributed by atoms with Crippen LogP contribution < -0.4 is 0 Å². The van der Waals surface area contributed by atoms with Crippen molar-refractivity contribution in [2.45, 2.75) is 13.3 Å². The van der Waals surface area contributed by atoms with Gasteiger partial charge in [-0.3, -0.25) is 24.1 Å². The van der Waals surface area contributed by atoms with Crippen molar-refractivity contribution < 1.29 is 19.2 Å². The average Bonchev–Trinajstić information content (AvgIpc) is 2.91. The van der Waals surface area contributed by atoms with Gasteiger partial charge in [-0.25, -0.2) is 9.89 Å². The monoisotopic (exact) mass is 297 g/mol. The smallest absolute Gasteiger partial charge is 0.279 e. The van der Waals surface area contributed by atoms with Gasteiger partial charge in [0.2, 0.25) is 0 Å². The SMILES string of the molecule is CCN1C(=O)C2(C1=O)C(=O)N(C1=Nc3ccccc3C1)C2=O. The van der Waals surface area contributed by atoms with Gasteiger partial charge in [0.05, 0.1) is 5.69 Å². The molecule has 4 amide bonds. The van der Waals surface area contributed by atoms with Gasteiger partial charge in [-0.2, -0.15) is 0 Å². The molecule has 3 aliphatic rings. The van der Waals surface area contributed by atoms with Crippen LogP contribution in [0.1, 0.15) is 12.5 Å². The number of benzene rings is 1. The second kappa shape index (κ2) is 3.88. The van der Waals surface area contributed by atoms with E-state index in [9.17, 15) is 19.2 Å². The second-order valence-corrected chi connectivity index (χ2v) is 5.38. The topological polar surface area (TPSA) is 87.1 Å². The van der Waals surface area contributed by atoms with Crippen LogP contribution in [0.4, 0.5) is 5.69 Å². The lowest BCUT2D eigenvalue weighted by Crippen LogP contribution is -2.84. The van der Waals surface area contributed by atoms with Gasteiger partial charge in [-0.1, -0.05) is 18.2 Å². The van der Waals surface area contributed by atoms with Gasteiger partial charge in [0, 0.05) is 13.0 Å². The number of amides is 4. The first-order chi connectivity index (χ1) is 10.5.